The van der Waals surface area contributed by atoms with Gasteiger partial charge >= 0.3 is 0 Å². The molecule has 0 bridgehead atoms. The zero-order chi connectivity index (χ0) is 24.6. The molecule has 182 valence electrons. The first-order valence-corrected chi connectivity index (χ1v) is 12.9. The van der Waals surface area contributed by atoms with Crippen LogP contribution in [0.4, 0.5) is 5.69 Å². The summed E-state index contributed by atoms with van der Waals surface area (Å²) in [6.45, 7) is 1.78. The summed E-state index contributed by atoms with van der Waals surface area (Å²) in [5.41, 5.74) is 2.21. The van der Waals surface area contributed by atoms with E-state index in [1.54, 1.807) is 30.6 Å². The van der Waals surface area contributed by atoms with Gasteiger partial charge in [-0.05, 0) is 48.4 Å². The van der Waals surface area contributed by atoms with Crippen molar-refractivity contribution in [2.45, 2.75) is 51.1 Å². The van der Waals surface area contributed by atoms with Gasteiger partial charge in [0.15, 0.2) is 0 Å². The molecule has 1 aliphatic carbocycles. The summed E-state index contributed by atoms with van der Waals surface area (Å²) in [5.74, 6) is -0.926. The standard InChI is InChI=1S/C27H30N4O3S/c1-2-19-9-3-6-13-22(19)31(24(32)18-29-26(33)23-14-8-16-35-23)25(20-10-7-15-28-17-20)27(34)30-21-11-4-5-12-21/h3,6-10,13-17,21,25H,2,4-5,11-12,18H2,1H3,(H,29,33)(H,30,34). The number of aryl methyl sites for hydroxylation is 1. The average molecular weight is 491 g/mol. The quantitative estimate of drug-likeness (QED) is 0.469. The molecular formula is C27H30N4O3S. The molecule has 1 unspecified atom stereocenters. The lowest BCUT2D eigenvalue weighted by Crippen LogP contribution is -2.49. The topological polar surface area (TPSA) is 91.4 Å². The van der Waals surface area contributed by atoms with Gasteiger partial charge in [0.05, 0.1) is 11.4 Å². The second kappa shape index (κ2) is 11.8. The number of benzene rings is 1. The molecule has 0 saturated heterocycles. The van der Waals surface area contributed by atoms with Gasteiger partial charge in [0.25, 0.3) is 5.91 Å². The SMILES string of the molecule is CCc1ccccc1N(C(=O)CNC(=O)c1cccs1)C(C(=O)NC1CCCC1)c1cccnc1. The van der Waals surface area contributed by atoms with Crippen LogP contribution in [0.1, 0.15) is 59.4 Å². The maximum atomic E-state index is 13.8. The predicted molar refractivity (Wildman–Crippen MR) is 137 cm³/mol. The lowest BCUT2D eigenvalue weighted by atomic mass is 10.0. The van der Waals surface area contributed by atoms with Gasteiger partial charge in [-0.2, -0.15) is 0 Å². The van der Waals surface area contributed by atoms with Crippen molar-refractivity contribution in [3.8, 4) is 0 Å². The largest absolute Gasteiger partial charge is 0.351 e. The van der Waals surface area contributed by atoms with Crippen LogP contribution >= 0.6 is 11.3 Å². The number of nitrogens with one attached hydrogen (secondary N) is 2. The molecule has 2 N–H and O–H groups in total. The van der Waals surface area contributed by atoms with Crippen molar-refractivity contribution in [2.75, 3.05) is 11.4 Å². The molecule has 4 rings (SSSR count). The zero-order valence-corrected chi connectivity index (χ0v) is 20.6. The molecule has 1 saturated carbocycles. The number of thiophene rings is 1. The average Bonchev–Trinajstić information content (AvgIpc) is 3.61. The van der Waals surface area contributed by atoms with E-state index in [0.717, 1.165) is 31.2 Å². The molecule has 1 aliphatic rings. The van der Waals surface area contributed by atoms with Gasteiger partial charge in [-0.25, -0.2) is 0 Å². The van der Waals surface area contributed by atoms with Crippen molar-refractivity contribution >= 4 is 34.7 Å². The third-order valence-corrected chi connectivity index (χ3v) is 7.12. The van der Waals surface area contributed by atoms with Crippen LogP contribution in [0.5, 0.6) is 0 Å². The molecule has 3 amide bonds. The van der Waals surface area contributed by atoms with Crippen LogP contribution < -0.4 is 15.5 Å². The molecule has 1 atom stereocenters. The van der Waals surface area contributed by atoms with Crippen molar-refractivity contribution in [3.05, 3.63) is 82.3 Å². The molecule has 3 aromatic rings. The van der Waals surface area contributed by atoms with E-state index in [9.17, 15) is 14.4 Å². The van der Waals surface area contributed by atoms with E-state index in [2.05, 4.69) is 15.6 Å². The molecule has 1 fully saturated rings. The molecule has 35 heavy (non-hydrogen) atoms. The normalized spacial score (nSPS) is 14.3. The van der Waals surface area contributed by atoms with Crippen LogP contribution in [0.2, 0.25) is 0 Å². The van der Waals surface area contributed by atoms with Gasteiger partial charge in [-0.15, -0.1) is 11.3 Å². The number of hydrogen-bond donors (Lipinski definition) is 2. The number of nitrogens with zero attached hydrogens (tertiary/aromatic N) is 2. The minimum Gasteiger partial charge on any atom is -0.351 e. The third-order valence-electron chi connectivity index (χ3n) is 6.25. The molecule has 2 heterocycles. The van der Waals surface area contributed by atoms with E-state index in [1.807, 2.05) is 42.6 Å². The van der Waals surface area contributed by atoms with Gasteiger partial charge < -0.3 is 10.6 Å². The van der Waals surface area contributed by atoms with Gasteiger partial charge in [0.1, 0.15) is 6.04 Å². The highest BCUT2D eigenvalue weighted by atomic mass is 32.1. The van der Waals surface area contributed by atoms with E-state index in [4.69, 9.17) is 0 Å². The van der Waals surface area contributed by atoms with Crippen molar-refractivity contribution in [3.63, 3.8) is 0 Å². The Labute approximate surface area is 209 Å². The number of pyridine rings is 1. The van der Waals surface area contributed by atoms with Gasteiger partial charge in [0.2, 0.25) is 11.8 Å². The van der Waals surface area contributed by atoms with E-state index < -0.39 is 6.04 Å². The highest BCUT2D eigenvalue weighted by Gasteiger charge is 2.35. The van der Waals surface area contributed by atoms with Crippen LogP contribution in [-0.4, -0.2) is 35.3 Å². The highest BCUT2D eigenvalue weighted by Crippen LogP contribution is 2.31. The summed E-state index contributed by atoms with van der Waals surface area (Å²) < 4.78 is 0. The molecule has 0 spiro atoms. The number of carbonyl (C=O) groups excluding carboxylic acids is 3. The summed E-state index contributed by atoms with van der Waals surface area (Å²) in [5, 5.41) is 7.70. The smallest absolute Gasteiger partial charge is 0.261 e. The summed E-state index contributed by atoms with van der Waals surface area (Å²) >= 11 is 1.31. The van der Waals surface area contributed by atoms with E-state index in [0.29, 0.717) is 22.5 Å². The molecule has 0 radical (unpaired) electrons. The number of carbonyl (C=O) groups is 3. The maximum Gasteiger partial charge on any atom is 0.261 e. The summed E-state index contributed by atoms with van der Waals surface area (Å²) in [6.07, 6.45) is 7.98. The number of amides is 3. The zero-order valence-electron chi connectivity index (χ0n) is 19.8. The lowest BCUT2D eigenvalue weighted by molar-refractivity contribution is -0.126. The highest BCUT2D eigenvalue weighted by molar-refractivity contribution is 7.12. The summed E-state index contributed by atoms with van der Waals surface area (Å²) in [7, 11) is 0. The van der Waals surface area contributed by atoms with Gasteiger partial charge in [-0.1, -0.05) is 50.1 Å². The predicted octanol–water partition coefficient (Wildman–Crippen LogP) is 4.27. The fourth-order valence-electron chi connectivity index (χ4n) is 4.50. The Morgan fingerprint density at radius 3 is 2.57 bits per heavy atom. The number of hydrogen-bond acceptors (Lipinski definition) is 5. The van der Waals surface area contributed by atoms with E-state index in [1.165, 1.54) is 16.2 Å². The Morgan fingerprint density at radius 1 is 1.09 bits per heavy atom. The first kappa shape index (κ1) is 24.6. The minimum absolute atomic E-state index is 0.0959. The van der Waals surface area contributed by atoms with Crippen LogP contribution in [0.15, 0.2) is 66.3 Å². The third kappa shape index (κ3) is 5.95. The number of rotatable bonds is 9. The van der Waals surface area contributed by atoms with Crippen LogP contribution in [0.25, 0.3) is 0 Å². The Balaban J connectivity index is 1.70. The Morgan fingerprint density at radius 2 is 1.89 bits per heavy atom. The van der Waals surface area contributed by atoms with Crippen molar-refractivity contribution in [2.24, 2.45) is 0 Å². The molecule has 0 aliphatic heterocycles. The first-order valence-electron chi connectivity index (χ1n) is 12.0. The van der Waals surface area contributed by atoms with Crippen molar-refractivity contribution in [1.29, 1.82) is 0 Å². The Kier molecular flexibility index (Phi) is 8.26. The van der Waals surface area contributed by atoms with Gasteiger partial charge in [-0.3, -0.25) is 24.3 Å². The molecular weight excluding hydrogens is 460 g/mol. The Hall–Kier alpha value is -3.52. The fourth-order valence-corrected chi connectivity index (χ4v) is 5.14. The van der Waals surface area contributed by atoms with Crippen molar-refractivity contribution in [1.82, 2.24) is 15.6 Å². The van der Waals surface area contributed by atoms with E-state index >= 15 is 0 Å². The maximum absolute atomic E-state index is 13.8. The van der Waals surface area contributed by atoms with Crippen LogP contribution in [0.3, 0.4) is 0 Å². The van der Waals surface area contributed by atoms with Crippen molar-refractivity contribution < 1.29 is 14.4 Å². The van der Waals surface area contributed by atoms with Crippen LogP contribution in [0, 0.1) is 0 Å². The number of aromatic nitrogens is 1. The molecule has 1 aromatic carbocycles. The minimum atomic E-state index is -0.914. The fraction of sp³-hybridized carbons (Fsp3) is 0.333. The van der Waals surface area contributed by atoms with Crippen LogP contribution in [-0.2, 0) is 16.0 Å². The first-order chi connectivity index (χ1) is 17.1. The van der Waals surface area contributed by atoms with Gasteiger partial charge in [0, 0.05) is 29.7 Å². The molecule has 8 heteroatoms. The number of para-hydroxylation sites is 1. The number of anilines is 1. The van der Waals surface area contributed by atoms with E-state index in [-0.39, 0.29) is 30.3 Å². The monoisotopic (exact) mass is 490 g/mol. The molecule has 2 aromatic heterocycles. The molecule has 7 nitrogen and oxygen atoms in total. The lowest BCUT2D eigenvalue weighted by Gasteiger charge is -2.33. The summed E-state index contributed by atoms with van der Waals surface area (Å²) in [4.78, 5) is 46.3. The summed E-state index contributed by atoms with van der Waals surface area (Å²) in [6, 6.07) is 13.8. The second-order valence-electron chi connectivity index (χ2n) is 8.58. The second-order valence-corrected chi connectivity index (χ2v) is 9.53. The Bertz CT molecular complexity index is 1140.